The van der Waals surface area contributed by atoms with E-state index in [2.05, 4.69) is 36.7 Å². The number of rotatable bonds is 14. The molecule has 0 atom stereocenters. The van der Waals surface area contributed by atoms with Crippen LogP contribution in [0.4, 0.5) is 0 Å². The van der Waals surface area contributed by atoms with E-state index in [0.29, 0.717) is 0 Å². The van der Waals surface area contributed by atoms with Crippen molar-refractivity contribution in [2.75, 3.05) is 0 Å². The standard InChI is InChI=1S/C20H37N.ClH/c1-3-5-7-8-9-10-11-12-13-14-18-21-19-15-17-20(21)16-6-4-2;/h15,17,19H,3-14,16,18H2,1-2H3;1H. The number of hydrogen-bond donors (Lipinski definition) is 0. The molecule has 0 unspecified atom stereocenters. The second kappa shape index (κ2) is 15.5. The van der Waals surface area contributed by atoms with Crippen LogP contribution >= 0.6 is 12.4 Å². The van der Waals surface area contributed by atoms with Gasteiger partial charge in [0.25, 0.3) is 0 Å². The maximum absolute atomic E-state index is 2.47. The van der Waals surface area contributed by atoms with Crippen molar-refractivity contribution < 1.29 is 0 Å². The topological polar surface area (TPSA) is 4.93 Å². The number of unbranched alkanes of at least 4 members (excludes halogenated alkanes) is 10. The lowest BCUT2D eigenvalue weighted by atomic mass is 10.1. The quantitative estimate of drug-likeness (QED) is 0.319. The summed E-state index contributed by atoms with van der Waals surface area (Å²) >= 11 is 0. The van der Waals surface area contributed by atoms with Crippen LogP contribution in [-0.2, 0) is 13.0 Å². The van der Waals surface area contributed by atoms with Crippen molar-refractivity contribution in [1.82, 2.24) is 4.57 Å². The summed E-state index contributed by atoms with van der Waals surface area (Å²) in [7, 11) is 0. The van der Waals surface area contributed by atoms with E-state index in [0.717, 1.165) is 0 Å². The van der Waals surface area contributed by atoms with Gasteiger partial charge in [-0.15, -0.1) is 12.4 Å². The summed E-state index contributed by atoms with van der Waals surface area (Å²) in [5.41, 5.74) is 1.53. The molecule has 1 aromatic rings. The second-order valence-corrected chi connectivity index (χ2v) is 6.48. The lowest BCUT2D eigenvalue weighted by molar-refractivity contribution is 0.528. The fourth-order valence-electron chi connectivity index (χ4n) is 3.02. The average Bonchev–Trinajstić information content (AvgIpc) is 2.94. The summed E-state index contributed by atoms with van der Waals surface area (Å²) in [4.78, 5) is 0. The molecule has 0 amide bonds. The lowest BCUT2D eigenvalue weighted by Gasteiger charge is -2.09. The van der Waals surface area contributed by atoms with Crippen molar-refractivity contribution in [1.29, 1.82) is 0 Å². The molecule has 1 nitrogen and oxygen atoms in total. The number of aromatic nitrogens is 1. The molecule has 0 N–H and O–H groups in total. The Bertz CT molecular complexity index is 332. The van der Waals surface area contributed by atoms with E-state index in [9.17, 15) is 0 Å². The average molecular weight is 328 g/mol. The molecule has 1 heterocycles. The van der Waals surface area contributed by atoms with Gasteiger partial charge in [-0.1, -0.05) is 78.1 Å². The van der Waals surface area contributed by atoms with E-state index in [4.69, 9.17) is 0 Å². The molecule has 1 aromatic heterocycles. The molecule has 0 bridgehead atoms. The molecule has 0 aliphatic carbocycles. The fraction of sp³-hybridized carbons (Fsp3) is 0.800. The highest BCUT2D eigenvalue weighted by atomic mass is 35.5. The highest BCUT2D eigenvalue weighted by Crippen LogP contribution is 2.12. The van der Waals surface area contributed by atoms with Gasteiger partial charge in [-0.2, -0.15) is 0 Å². The molecule has 0 radical (unpaired) electrons. The monoisotopic (exact) mass is 327 g/mol. The lowest BCUT2D eigenvalue weighted by Crippen LogP contribution is -2.02. The zero-order valence-electron chi connectivity index (χ0n) is 15.0. The molecule has 2 heteroatoms. The minimum absolute atomic E-state index is 0. The largest absolute Gasteiger partial charge is 0.351 e. The minimum Gasteiger partial charge on any atom is -0.351 e. The van der Waals surface area contributed by atoms with E-state index in [-0.39, 0.29) is 12.4 Å². The maximum atomic E-state index is 2.47. The van der Waals surface area contributed by atoms with E-state index < -0.39 is 0 Å². The SMILES string of the molecule is CCCCCCCCCCCCn1cccc1CCCC.Cl. The molecule has 1 rings (SSSR count). The molecule has 0 fully saturated rings. The Morgan fingerprint density at radius 2 is 1.27 bits per heavy atom. The first-order valence-electron chi connectivity index (χ1n) is 9.52. The van der Waals surface area contributed by atoms with Crippen LogP contribution in [0, 0.1) is 0 Å². The third-order valence-corrected chi connectivity index (χ3v) is 4.46. The predicted octanol–water partition coefficient (Wildman–Crippen LogP) is 7.17. The van der Waals surface area contributed by atoms with Gasteiger partial charge in [-0.25, -0.2) is 0 Å². The summed E-state index contributed by atoms with van der Waals surface area (Å²) < 4.78 is 2.47. The van der Waals surface area contributed by atoms with Crippen molar-refractivity contribution in [3.05, 3.63) is 24.0 Å². The van der Waals surface area contributed by atoms with Gasteiger partial charge in [0.1, 0.15) is 0 Å². The van der Waals surface area contributed by atoms with Gasteiger partial charge in [0, 0.05) is 18.4 Å². The number of hydrogen-bond acceptors (Lipinski definition) is 0. The highest BCUT2D eigenvalue weighted by molar-refractivity contribution is 5.85. The smallest absolute Gasteiger partial charge is 0.0222 e. The highest BCUT2D eigenvalue weighted by Gasteiger charge is 2.00. The van der Waals surface area contributed by atoms with Crippen LogP contribution in [-0.4, -0.2) is 4.57 Å². The number of nitrogens with zero attached hydrogens (tertiary/aromatic N) is 1. The molecule has 0 spiro atoms. The van der Waals surface area contributed by atoms with Crippen LogP contribution in [0.2, 0.25) is 0 Å². The summed E-state index contributed by atoms with van der Waals surface area (Å²) in [6.07, 6.45) is 20.4. The van der Waals surface area contributed by atoms with Crippen LogP contribution in [0.15, 0.2) is 18.3 Å². The Morgan fingerprint density at radius 3 is 1.86 bits per heavy atom. The first-order chi connectivity index (χ1) is 10.4. The van der Waals surface area contributed by atoms with Gasteiger partial charge in [0.2, 0.25) is 0 Å². The molecular weight excluding hydrogens is 290 g/mol. The van der Waals surface area contributed by atoms with Crippen LogP contribution in [0.5, 0.6) is 0 Å². The fourth-order valence-corrected chi connectivity index (χ4v) is 3.02. The second-order valence-electron chi connectivity index (χ2n) is 6.48. The number of aryl methyl sites for hydroxylation is 2. The van der Waals surface area contributed by atoms with E-state index in [1.807, 2.05) is 0 Å². The minimum atomic E-state index is 0. The Morgan fingerprint density at radius 1 is 0.727 bits per heavy atom. The molecule has 0 saturated carbocycles. The summed E-state index contributed by atoms with van der Waals surface area (Å²) in [5, 5.41) is 0. The first-order valence-corrected chi connectivity index (χ1v) is 9.52. The molecule has 0 saturated heterocycles. The zero-order valence-corrected chi connectivity index (χ0v) is 15.8. The number of halogens is 1. The normalized spacial score (nSPS) is 10.6. The van der Waals surface area contributed by atoms with Crippen LogP contribution < -0.4 is 0 Å². The van der Waals surface area contributed by atoms with Crippen molar-refractivity contribution in [2.24, 2.45) is 0 Å². The van der Waals surface area contributed by atoms with Crippen molar-refractivity contribution >= 4 is 12.4 Å². The Kier molecular flexibility index (Phi) is 15.2. The van der Waals surface area contributed by atoms with E-state index in [1.54, 1.807) is 0 Å². The van der Waals surface area contributed by atoms with E-state index >= 15 is 0 Å². The van der Waals surface area contributed by atoms with Gasteiger partial charge in [0.05, 0.1) is 0 Å². The zero-order chi connectivity index (χ0) is 15.2. The molecule has 22 heavy (non-hydrogen) atoms. The molecule has 0 aliphatic rings. The summed E-state index contributed by atoms with van der Waals surface area (Å²) in [5.74, 6) is 0. The maximum Gasteiger partial charge on any atom is 0.0222 e. The van der Waals surface area contributed by atoms with Crippen LogP contribution in [0.25, 0.3) is 0 Å². The summed E-state index contributed by atoms with van der Waals surface area (Å²) in [6, 6.07) is 4.51. The van der Waals surface area contributed by atoms with Crippen LogP contribution in [0.1, 0.15) is 96.6 Å². The van der Waals surface area contributed by atoms with E-state index in [1.165, 1.54) is 95.7 Å². The van der Waals surface area contributed by atoms with Gasteiger partial charge < -0.3 is 4.57 Å². The van der Waals surface area contributed by atoms with Crippen molar-refractivity contribution in [3.8, 4) is 0 Å². The Balaban J connectivity index is 0.00000441. The van der Waals surface area contributed by atoms with Gasteiger partial charge >= 0.3 is 0 Å². The van der Waals surface area contributed by atoms with Crippen LogP contribution in [0.3, 0.4) is 0 Å². The molecule has 130 valence electrons. The molecular formula is C20H38ClN. The van der Waals surface area contributed by atoms with Gasteiger partial charge in [-0.05, 0) is 31.4 Å². The van der Waals surface area contributed by atoms with Crippen molar-refractivity contribution in [2.45, 2.75) is 104 Å². The first kappa shape index (κ1) is 21.6. The molecule has 0 aliphatic heterocycles. The summed E-state index contributed by atoms with van der Waals surface area (Å²) in [6.45, 7) is 5.79. The van der Waals surface area contributed by atoms with Crippen molar-refractivity contribution in [3.63, 3.8) is 0 Å². The van der Waals surface area contributed by atoms with Gasteiger partial charge in [0.15, 0.2) is 0 Å². The van der Waals surface area contributed by atoms with Gasteiger partial charge in [-0.3, -0.25) is 0 Å². The predicted molar refractivity (Wildman–Crippen MR) is 102 cm³/mol. The third-order valence-electron chi connectivity index (χ3n) is 4.46. The Hall–Kier alpha value is -0.430. The Labute approximate surface area is 145 Å². The molecule has 0 aromatic carbocycles. The third kappa shape index (κ3) is 10.3.